The lowest BCUT2D eigenvalue weighted by atomic mass is 10.2. The fourth-order valence-electron chi connectivity index (χ4n) is 0.782. The zero-order valence-electron chi connectivity index (χ0n) is 5.90. The molecule has 0 aliphatic heterocycles. The monoisotopic (exact) mass is 164 g/mol. The van der Waals surface area contributed by atoms with E-state index in [-0.39, 0.29) is 6.17 Å². The van der Waals surface area contributed by atoms with Crippen LogP contribution in [0.5, 0.6) is 0 Å². The summed E-state index contributed by atoms with van der Waals surface area (Å²) >= 11 is 4.43. The summed E-state index contributed by atoms with van der Waals surface area (Å²) in [6, 6.07) is 9.56. The van der Waals surface area contributed by atoms with Gasteiger partial charge in [-0.1, -0.05) is 30.3 Å². The van der Waals surface area contributed by atoms with Crippen LogP contribution >= 0.6 is 12.2 Å². The van der Waals surface area contributed by atoms with Gasteiger partial charge in [-0.15, -0.1) is 0 Å². The van der Waals surface area contributed by atoms with Crippen molar-refractivity contribution < 1.29 is 0 Å². The first kappa shape index (κ1) is 8.08. The first-order chi connectivity index (χ1) is 5.34. The van der Waals surface area contributed by atoms with E-state index in [4.69, 9.17) is 5.73 Å². The average molecular weight is 164 g/mol. The molecule has 11 heavy (non-hydrogen) atoms. The quantitative estimate of drug-likeness (QED) is 0.534. The molecule has 3 heteroatoms. The van der Waals surface area contributed by atoms with Crippen LogP contribution in [-0.2, 0) is 0 Å². The van der Waals surface area contributed by atoms with Crippen LogP contribution in [0.15, 0.2) is 35.3 Å². The second-order valence-corrected chi connectivity index (χ2v) is 2.26. The summed E-state index contributed by atoms with van der Waals surface area (Å²) in [7, 11) is 0. The van der Waals surface area contributed by atoms with Gasteiger partial charge in [0.1, 0.15) is 6.17 Å². The maximum atomic E-state index is 5.61. The molecule has 2 nitrogen and oxygen atoms in total. The van der Waals surface area contributed by atoms with E-state index in [1.165, 1.54) is 0 Å². The molecule has 0 spiro atoms. The number of nitrogens with two attached hydrogens (primary N) is 1. The number of isothiocyanates is 1. The van der Waals surface area contributed by atoms with E-state index < -0.39 is 0 Å². The van der Waals surface area contributed by atoms with Crippen molar-refractivity contribution >= 4 is 17.4 Å². The second-order valence-electron chi connectivity index (χ2n) is 2.08. The van der Waals surface area contributed by atoms with Gasteiger partial charge in [-0.3, -0.25) is 0 Å². The highest BCUT2D eigenvalue weighted by Gasteiger charge is 1.99. The third kappa shape index (κ3) is 2.24. The Balaban J connectivity index is 2.84. The number of benzene rings is 1. The number of rotatable bonds is 2. The van der Waals surface area contributed by atoms with Crippen molar-refractivity contribution in [2.45, 2.75) is 6.17 Å². The number of aliphatic imine (C=N–C) groups is 1. The summed E-state index contributed by atoms with van der Waals surface area (Å²) in [4.78, 5) is 3.74. The van der Waals surface area contributed by atoms with Gasteiger partial charge in [0.05, 0.1) is 5.16 Å². The van der Waals surface area contributed by atoms with Crippen LogP contribution in [-0.4, -0.2) is 5.16 Å². The molecule has 1 atom stereocenters. The molecular formula is C8H8N2S. The van der Waals surface area contributed by atoms with Gasteiger partial charge in [-0.05, 0) is 17.8 Å². The van der Waals surface area contributed by atoms with Crippen LogP contribution in [0.4, 0.5) is 0 Å². The fourth-order valence-corrected chi connectivity index (χ4v) is 0.895. The predicted molar refractivity (Wildman–Crippen MR) is 48.4 cm³/mol. The first-order valence-corrected chi connectivity index (χ1v) is 3.63. The molecule has 1 unspecified atom stereocenters. The summed E-state index contributed by atoms with van der Waals surface area (Å²) in [5, 5.41) is 2.25. The van der Waals surface area contributed by atoms with Gasteiger partial charge in [0.15, 0.2) is 0 Å². The van der Waals surface area contributed by atoms with Gasteiger partial charge in [0.25, 0.3) is 0 Å². The fraction of sp³-hybridized carbons (Fsp3) is 0.125. The Kier molecular flexibility index (Phi) is 2.93. The van der Waals surface area contributed by atoms with Crippen molar-refractivity contribution in [1.29, 1.82) is 0 Å². The SMILES string of the molecule is NC(N=C=S)c1ccccc1. The third-order valence-corrected chi connectivity index (χ3v) is 1.44. The Morgan fingerprint density at radius 1 is 1.36 bits per heavy atom. The lowest BCUT2D eigenvalue weighted by Crippen LogP contribution is -2.05. The van der Waals surface area contributed by atoms with E-state index in [0.29, 0.717) is 0 Å². The van der Waals surface area contributed by atoms with Gasteiger partial charge >= 0.3 is 0 Å². The number of hydrogen-bond acceptors (Lipinski definition) is 3. The van der Waals surface area contributed by atoms with Crippen molar-refractivity contribution in [1.82, 2.24) is 0 Å². The van der Waals surface area contributed by atoms with E-state index in [2.05, 4.69) is 22.4 Å². The molecule has 0 aliphatic carbocycles. The molecule has 0 heterocycles. The first-order valence-electron chi connectivity index (χ1n) is 3.22. The average Bonchev–Trinajstić information content (AvgIpc) is 2.07. The van der Waals surface area contributed by atoms with E-state index in [1.54, 1.807) is 0 Å². The highest BCUT2D eigenvalue weighted by atomic mass is 32.1. The van der Waals surface area contributed by atoms with Crippen LogP contribution < -0.4 is 5.73 Å². The Labute approximate surface area is 70.8 Å². The van der Waals surface area contributed by atoms with Gasteiger partial charge in [0.2, 0.25) is 0 Å². The zero-order chi connectivity index (χ0) is 8.10. The van der Waals surface area contributed by atoms with E-state index in [9.17, 15) is 0 Å². The van der Waals surface area contributed by atoms with Crippen LogP contribution in [0.25, 0.3) is 0 Å². The molecule has 0 saturated carbocycles. The lowest BCUT2D eigenvalue weighted by molar-refractivity contribution is 0.783. The molecule has 0 radical (unpaired) electrons. The molecule has 1 aromatic carbocycles. The number of hydrogen-bond donors (Lipinski definition) is 1. The predicted octanol–water partition coefficient (Wildman–Crippen LogP) is 1.75. The topological polar surface area (TPSA) is 38.4 Å². The maximum Gasteiger partial charge on any atom is 0.133 e. The van der Waals surface area contributed by atoms with Gasteiger partial charge < -0.3 is 5.73 Å². The lowest BCUT2D eigenvalue weighted by Gasteiger charge is -2.02. The Morgan fingerprint density at radius 2 is 2.00 bits per heavy atom. The molecule has 2 N–H and O–H groups in total. The second kappa shape index (κ2) is 3.98. The van der Waals surface area contributed by atoms with Crippen molar-refractivity contribution in [2.24, 2.45) is 10.7 Å². The summed E-state index contributed by atoms with van der Waals surface area (Å²) in [5.41, 5.74) is 6.56. The van der Waals surface area contributed by atoms with Crippen molar-refractivity contribution in [3.8, 4) is 0 Å². The van der Waals surface area contributed by atoms with Crippen LogP contribution in [0, 0.1) is 0 Å². The molecule has 0 aliphatic rings. The van der Waals surface area contributed by atoms with E-state index in [1.807, 2.05) is 30.3 Å². The molecule has 0 amide bonds. The molecule has 0 fully saturated rings. The minimum atomic E-state index is -0.367. The molecule has 0 bridgehead atoms. The van der Waals surface area contributed by atoms with Crippen molar-refractivity contribution in [3.05, 3.63) is 35.9 Å². The normalized spacial score (nSPS) is 11.7. The molecular weight excluding hydrogens is 156 g/mol. The molecule has 0 saturated heterocycles. The highest BCUT2D eigenvalue weighted by Crippen LogP contribution is 2.08. The standard InChI is InChI=1S/C8H8N2S/c9-8(10-6-11)7-4-2-1-3-5-7/h1-5,8H,9H2. The Hall–Kier alpha value is -1.02. The minimum absolute atomic E-state index is 0.367. The number of thiocarbonyl (C=S) groups is 1. The zero-order valence-corrected chi connectivity index (χ0v) is 6.71. The van der Waals surface area contributed by atoms with Gasteiger partial charge in [0, 0.05) is 0 Å². The molecule has 1 aromatic rings. The summed E-state index contributed by atoms with van der Waals surface area (Å²) < 4.78 is 0. The highest BCUT2D eigenvalue weighted by molar-refractivity contribution is 7.78. The third-order valence-electron chi connectivity index (χ3n) is 1.33. The van der Waals surface area contributed by atoms with Gasteiger partial charge in [-0.2, -0.15) is 0 Å². The summed E-state index contributed by atoms with van der Waals surface area (Å²) in [5.74, 6) is 0. The summed E-state index contributed by atoms with van der Waals surface area (Å²) in [6.07, 6.45) is -0.367. The van der Waals surface area contributed by atoms with Crippen molar-refractivity contribution in [2.75, 3.05) is 0 Å². The minimum Gasteiger partial charge on any atom is -0.305 e. The Morgan fingerprint density at radius 3 is 2.55 bits per heavy atom. The van der Waals surface area contributed by atoms with Gasteiger partial charge in [-0.25, -0.2) is 4.99 Å². The molecule has 1 rings (SSSR count). The van der Waals surface area contributed by atoms with Crippen LogP contribution in [0.3, 0.4) is 0 Å². The largest absolute Gasteiger partial charge is 0.305 e. The molecule has 56 valence electrons. The smallest absolute Gasteiger partial charge is 0.133 e. The van der Waals surface area contributed by atoms with Crippen molar-refractivity contribution in [3.63, 3.8) is 0 Å². The summed E-state index contributed by atoms with van der Waals surface area (Å²) in [6.45, 7) is 0. The van der Waals surface area contributed by atoms with E-state index in [0.717, 1.165) is 5.56 Å². The van der Waals surface area contributed by atoms with Crippen LogP contribution in [0.2, 0.25) is 0 Å². The van der Waals surface area contributed by atoms with E-state index >= 15 is 0 Å². The molecule has 0 aromatic heterocycles. The maximum absolute atomic E-state index is 5.61. The number of nitrogens with zero attached hydrogens (tertiary/aromatic N) is 1. The van der Waals surface area contributed by atoms with Crippen LogP contribution in [0.1, 0.15) is 11.7 Å². The Bertz CT molecular complexity index is 265.